The summed E-state index contributed by atoms with van der Waals surface area (Å²) in [7, 11) is 0. The Hall–Kier alpha value is -1.76. The van der Waals surface area contributed by atoms with E-state index in [9.17, 15) is 4.39 Å². The Labute approximate surface area is 113 Å². The number of ether oxygens (including phenoxy) is 1. The third kappa shape index (κ3) is 2.56. The highest BCUT2D eigenvalue weighted by Crippen LogP contribution is 2.33. The summed E-state index contributed by atoms with van der Waals surface area (Å²) >= 11 is 11.7. The van der Waals surface area contributed by atoms with Gasteiger partial charge in [0.05, 0.1) is 5.02 Å². The van der Waals surface area contributed by atoms with E-state index in [1.807, 2.05) is 0 Å². The van der Waals surface area contributed by atoms with Gasteiger partial charge in [-0.25, -0.2) is 4.39 Å². The summed E-state index contributed by atoms with van der Waals surface area (Å²) in [6.45, 7) is 0. The molecule has 18 heavy (non-hydrogen) atoms. The number of nitriles is 1. The zero-order valence-electron chi connectivity index (χ0n) is 8.95. The Morgan fingerprint density at radius 3 is 2.56 bits per heavy atom. The van der Waals surface area contributed by atoms with Crippen molar-refractivity contribution >= 4 is 23.2 Å². The molecule has 2 nitrogen and oxygen atoms in total. The summed E-state index contributed by atoms with van der Waals surface area (Å²) in [4.78, 5) is 0. The molecule has 0 amide bonds. The van der Waals surface area contributed by atoms with Crippen molar-refractivity contribution in [1.29, 1.82) is 5.26 Å². The third-order valence-corrected chi connectivity index (χ3v) is 2.73. The molecule has 0 bridgehead atoms. The number of halogens is 3. The monoisotopic (exact) mass is 281 g/mol. The number of benzene rings is 2. The zero-order valence-corrected chi connectivity index (χ0v) is 10.5. The number of hydrogen-bond donors (Lipinski definition) is 0. The highest BCUT2D eigenvalue weighted by molar-refractivity contribution is 6.35. The minimum atomic E-state index is -0.639. The first-order valence-electron chi connectivity index (χ1n) is 4.93. The minimum Gasteiger partial charge on any atom is -0.454 e. The van der Waals surface area contributed by atoms with Gasteiger partial charge in [0, 0.05) is 5.02 Å². The van der Waals surface area contributed by atoms with E-state index in [0.717, 1.165) is 0 Å². The van der Waals surface area contributed by atoms with Crippen LogP contribution in [0.4, 0.5) is 4.39 Å². The quantitative estimate of drug-likeness (QED) is 0.792. The summed E-state index contributed by atoms with van der Waals surface area (Å²) in [5.74, 6) is -0.218. The Bertz CT molecular complexity index is 637. The molecule has 0 spiro atoms. The van der Waals surface area contributed by atoms with Crippen molar-refractivity contribution in [3.05, 3.63) is 57.8 Å². The van der Waals surface area contributed by atoms with E-state index >= 15 is 0 Å². The van der Waals surface area contributed by atoms with Crippen molar-refractivity contribution in [1.82, 2.24) is 0 Å². The molecule has 0 saturated carbocycles. The predicted molar refractivity (Wildman–Crippen MR) is 67.7 cm³/mol. The second kappa shape index (κ2) is 5.26. The van der Waals surface area contributed by atoms with Crippen LogP contribution in [0.2, 0.25) is 10.0 Å². The van der Waals surface area contributed by atoms with Gasteiger partial charge in [-0.3, -0.25) is 0 Å². The maximum Gasteiger partial charge on any atom is 0.148 e. The van der Waals surface area contributed by atoms with Crippen LogP contribution in [0.15, 0.2) is 36.4 Å². The van der Waals surface area contributed by atoms with E-state index in [4.69, 9.17) is 33.2 Å². The highest BCUT2D eigenvalue weighted by Gasteiger charge is 2.11. The molecule has 0 aliphatic carbocycles. The van der Waals surface area contributed by atoms with Gasteiger partial charge in [-0.1, -0.05) is 29.3 Å². The number of rotatable bonds is 2. The molecule has 5 heteroatoms. The lowest BCUT2D eigenvalue weighted by Gasteiger charge is -2.09. The number of hydrogen-bond acceptors (Lipinski definition) is 2. The summed E-state index contributed by atoms with van der Waals surface area (Å²) in [6, 6.07) is 10.5. The van der Waals surface area contributed by atoms with Gasteiger partial charge in [0.1, 0.15) is 28.9 Å². The molecule has 0 aliphatic heterocycles. The predicted octanol–water partition coefficient (Wildman–Crippen LogP) is 4.80. The normalized spacial score (nSPS) is 9.89. The summed E-state index contributed by atoms with van der Waals surface area (Å²) < 4.78 is 18.8. The summed E-state index contributed by atoms with van der Waals surface area (Å²) in [5, 5.41) is 9.62. The van der Waals surface area contributed by atoms with E-state index in [2.05, 4.69) is 0 Å². The second-order valence-corrected chi connectivity index (χ2v) is 4.25. The van der Waals surface area contributed by atoms with Gasteiger partial charge >= 0.3 is 0 Å². The van der Waals surface area contributed by atoms with Crippen LogP contribution in [0.1, 0.15) is 5.56 Å². The van der Waals surface area contributed by atoms with E-state index in [1.165, 1.54) is 24.3 Å². The fourth-order valence-electron chi connectivity index (χ4n) is 1.37. The minimum absolute atomic E-state index is 0.113. The van der Waals surface area contributed by atoms with Crippen molar-refractivity contribution in [2.75, 3.05) is 0 Å². The van der Waals surface area contributed by atoms with Crippen LogP contribution in [0.5, 0.6) is 11.5 Å². The van der Waals surface area contributed by atoms with Gasteiger partial charge in [-0.2, -0.15) is 5.26 Å². The smallest absolute Gasteiger partial charge is 0.148 e. The second-order valence-electron chi connectivity index (χ2n) is 3.40. The Kier molecular flexibility index (Phi) is 3.71. The maximum atomic E-state index is 13.4. The highest BCUT2D eigenvalue weighted by atomic mass is 35.5. The first-order valence-corrected chi connectivity index (χ1v) is 5.69. The van der Waals surface area contributed by atoms with Gasteiger partial charge in [0.2, 0.25) is 0 Å². The van der Waals surface area contributed by atoms with Crippen molar-refractivity contribution in [3.8, 4) is 17.6 Å². The topological polar surface area (TPSA) is 33.0 Å². The van der Waals surface area contributed by atoms with Gasteiger partial charge in [-0.15, -0.1) is 0 Å². The maximum absolute atomic E-state index is 13.4. The molecule has 90 valence electrons. The molecule has 0 unspecified atom stereocenters. The average molecular weight is 282 g/mol. The van der Waals surface area contributed by atoms with Gasteiger partial charge in [0.25, 0.3) is 0 Å². The van der Waals surface area contributed by atoms with Crippen LogP contribution < -0.4 is 4.74 Å². The molecule has 0 saturated heterocycles. The van der Waals surface area contributed by atoms with Crippen molar-refractivity contribution in [2.24, 2.45) is 0 Å². The van der Waals surface area contributed by atoms with E-state index in [1.54, 1.807) is 18.2 Å². The largest absolute Gasteiger partial charge is 0.454 e. The molecule has 2 aromatic carbocycles. The molecule has 0 radical (unpaired) electrons. The van der Waals surface area contributed by atoms with E-state index in [-0.39, 0.29) is 16.3 Å². The zero-order chi connectivity index (χ0) is 13.1. The van der Waals surface area contributed by atoms with Crippen LogP contribution in [0, 0.1) is 17.1 Å². The molecule has 2 aromatic rings. The summed E-state index contributed by atoms with van der Waals surface area (Å²) in [6.07, 6.45) is 0. The molecule has 0 atom stereocenters. The SMILES string of the molecule is N#Cc1c(F)cccc1Oc1ccc(Cl)cc1Cl. The molecular weight excluding hydrogens is 276 g/mol. The summed E-state index contributed by atoms with van der Waals surface area (Å²) in [5.41, 5.74) is -0.163. The average Bonchev–Trinajstić information content (AvgIpc) is 2.33. The number of nitrogens with zero attached hydrogens (tertiary/aromatic N) is 1. The fourth-order valence-corrected chi connectivity index (χ4v) is 1.82. The Balaban J connectivity index is 2.41. The fraction of sp³-hybridized carbons (Fsp3) is 0. The molecular formula is C13H6Cl2FNO. The molecule has 0 heterocycles. The van der Waals surface area contributed by atoms with Crippen molar-refractivity contribution in [3.63, 3.8) is 0 Å². The first kappa shape index (κ1) is 12.7. The Morgan fingerprint density at radius 1 is 1.11 bits per heavy atom. The van der Waals surface area contributed by atoms with E-state index < -0.39 is 5.82 Å². The molecule has 0 aliphatic rings. The lowest BCUT2D eigenvalue weighted by Crippen LogP contribution is -1.92. The van der Waals surface area contributed by atoms with Crippen molar-refractivity contribution < 1.29 is 9.13 Å². The molecule has 0 fully saturated rings. The third-order valence-electron chi connectivity index (χ3n) is 2.20. The molecule has 2 rings (SSSR count). The van der Waals surface area contributed by atoms with Crippen LogP contribution in [0.25, 0.3) is 0 Å². The molecule has 0 N–H and O–H groups in total. The standard InChI is InChI=1S/C13H6Cl2FNO/c14-8-4-5-13(10(15)6-8)18-12-3-1-2-11(16)9(12)7-17/h1-6H. The van der Waals surface area contributed by atoms with Crippen LogP contribution in [-0.2, 0) is 0 Å². The van der Waals surface area contributed by atoms with Crippen molar-refractivity contribution in [2.45, 2.75) is 0 Å². The first-order chi connectivity index (χ1) is 8.61. The van der Waals surface area contributed by atoms with Gasteiger partial charge in [-0.05, 0) is 30.3 Å². The van der Waals surface area contributed by atoms with Crippen LogP contribution in [0.3, 0.4) is 0 Å². The lowest BCUT2D eigenvalue weighted by atomic mass is 10.2. The van der Waals surface area contributed by atoms with Crippen LogP contribution >= 0.6 is 23.2 Å². The molecule has 0 aromatic heterocycles. The Morgan fingerprint density at radius 2 is 1.89 bits per heavy atom. The van der Waals surface area contributed by atoms with Crippen LogP contribution in [-0.4, -0.2) is 0 Å². The lowest BCUT2D eigenvalue weighted by molar-refractivity contribution is 0.474. The van der Waals surface area contributed by atoms with E-state index in [0.29, 0.717) is 10.8 Å². The van der Waals surface area contributed by atoms with Gasteiger partial charge < -0.3 is 4.74 Å². The van der Waals surface area contributed by atoms with Gasteiger partial charge in [0.15, 0.2) is 0 Å².